The number of aromatic amines is 1. The third kappa shape index (κ3) is 1.44. The summed E-state index contributed by atoms with van der Waals surface area (Å²) >= 11 is 0. The number of H-pyrrole nitrogens is 1. The molecule has 14 heavy (non-hydrogen) atoms. The van der Waals surface area contributed by atoms with Crippen molar-refractivity contribution in [1.82, 2.24) is 5.16 Å². The van der Waals surface area contributed by atoms with Gasteiger partial charge < -0.3 is 4.52 Å². The summed E-state index contributed by atoms with van der Waals surface area (Å²) in [5.41, 5.74) is -0.325. The highest BCUT2D eigenvalue weighted by Gasteiger charge is 2.08. The van der Waals surface area contributed by atoms with Crippen LogP contribution < -0.4 is 5.63 Å². The predicted octanol–water partition coefficient (Wildman–Crippen LogP) is 1.91. The van der Waals surface area contributed by atoms with Crippen molar-refractivity contribution in [2.24, 2.45) is 0 Å². The quantitative estimate of drug-likeness (QED) is 0.758. The molecule has 3 nitrogen and oxygen atoms in total. The number of rotatable bonds is 1. The van der Waals surface area contributed by atoms with Crippen molar-refractivity contribution in [2.45, 2.75) is 0 Å². The third-order valence-electron chi connectivity index (χ3n) is 1.75. The Morgan fingerprint density at radius 1 is 1.21 bits per heavy atom. The average molecular weight is 197 g/mol. The fourth-order valence-corrected chi connectivity index (χ4v) is 1.12. The highest BCUT2D eigenvalue weighted by molar-refractivity contribution is 5.58. The second kappa shape index (κ2) is 3.10. The van der Waals surface area contributed by atoms with Gasteiger partial charge in [-0.25, -0.2) is 18.7 Å². The Bertz CT molecular complexity index is 516. The van der Waals surface area contributed by atoms with Crippen molar-refractivity contribution in [3.05, 3.63) is 46.3 Å². The predicted molar refractivity (Wildman–Crippen MR) is 44.7 cm³/mol. The minimum Gasteiger partial charge on any atom is -0.339 e. The molecule has 2 rings (SSSR count). The van der Waals surface area contributed by atoms with Gasteiger partial charge in [0.15, 0.2) is 0 Å². The van der Waals surface area contributed by atoms with Crippen molar-refractivity contribution in [3.63, 3.8) is 0 Å². The molecule has 1 aromatic carbocycles. The standard InChI is InChI=1S/C9H5F2NO2/c10-5-1-2-6(7(11)3-5)8-4-9(13)14-12-8/h1-4,12H. The molecule has 0 atom stereocenters. The average Bonchev–Trinajstić information content (AvgIpc) is 2.51. The lowest BCUT2D eigenvalue weighted by atomic mass is 10.1. The van der Waals surface area contributed by atoms with Gasteiger partial charge in [-0.2, -0.15) is 0 Å². The van der Waals surface area contributed by atoms with Gasteiger partial charge in [0.25, 0.3) is 0 Å². The molecule has 0 saturated heterocycles. The van der Waals surface area contributed by atoms with Crippen LogP contribution in [-0.4, -0.2) is 5.16 Å². The van der Waals surface area contributed by atoms with Crippen LogP contribution in [0.25, 0.3) is 11.3 Å². The summed E-state index contributed by atoms with van der Waals surface area (Å²) in [5, 5.41) is 2.23. The molecule has 0 spiro atoms. The molecule has 72 valence electrons. The van der Waals surface area contributed by atoms with Crippen molar-refractivity contribution < 1.29 is 13.3 Å². The normalized spacial score (nSPS) is 10.4. The number of aromatic nitrogens is 1. The fourth-order valence-electron chi connectivity index (χ4n) is 1.12. The number of hydrogen-bond acceptors (Lipinski definition) is 2. The van der Waals surface area contributed by atoms with Gasteiger partial charge in [0.05, 0.1) is 11.8 Å². The first kappa shape index (κ1) is 8.68. The lowest BCUT2D eigenvalue weighted by Gasteiger charge is -1.97. The Balaban J connectivity index is 2.57. The zero-order valence-electron chi connectivity index (χ0n) is 6.88. The van der Waals surface area contributed by atoms with Crippen molar-refractivity contribution in [3.8, 4) is 11.3 Å². The van der Waals surface area contributed by atoms with E-state index < -0.39 is 17.3 Å². The summed E-state index contributed by atoms with van der Waals surface area (Å²) in [6.45, 7) is 0. The van der Waals surface area contributed by atoms with E-state index in [1.54, 1.807) is 0 Å². The van der Waals surface area contributed by atoms with Crippen LogP contribution in [-0.2, 0) is 0 Å². The lowest BCUT2D eigenvalue weighted by molar-refractivity contribution is 0.393. The van der Waals surface area contributed by atoms with Crippen LogP contribution in [0.15, 0.2) is 33.6 Å². The molecule has 1 heterocycles. The second-order valence-corrected chi connectivity index (χ2v) is 2.71. The second-order valence-electron chi connectivity index (χ2n) is 2.71. The summed E-state index contributed by atoms with van der Waals surface area (Å²) < 4.78 is 30.0. The molecular weight excluding hydrogens is 192 g/mol. The molecule has 1 aromatic heterocycles. The van der Waals surface area contributed by atoms with E-state index >= 15 is 0 Å². The molecule has 1 N–H and O–H groups in total. The molecule has 0 unspecified atom stereocenters. The minimum atomic E-state index is -0.748. The number of halogens is 2. The maximum atomic E-state index is 13.1. The van der Waals surface area contributed by atoms with Gasteiger partial charge in [-0.3, -0.25) is 0 Å². The first-order valence-corrected chi connectivity index (χ1v) is 3.81. The maximum Gasteiger partial charge on any atom is 0.357 e. The molecule has 0 aliphatic carbocycles. The summed E-state index contributed by atoms with van der Waals surface area (Å²) in [7, 11) is 0. The topological polar surface area (TPSA) is 46.0 Å². The summed E-state index contributed by atoms with van der Waals surface area (Å²) in [5.74, 6) is -1.42. The van der Waals surface area contributed by atoms with Gasteiger partial charge >= 0.3 is 5.63 Å². The van der Waals surface area contributed by atoms with Crippen LogP contribution in [0.2, 0.25) is 0 Å². The molecule has 0 fully saturated rings. The number of nitrogens with one attached hydrogen (secondary N) is 1. The van der Waals surface area contributed by atoms with Crippen molar-refractivity contribution in [2.75, 3.05) is 0 Å². The number of hydrogen-bond donors (Lipinski definition) is 1. The smallest absolute Gasteiger partial charge is 0.339 e. The van der Waals surface area contributed by atoms with Crippen molar-refractivity contribution in [1.29, 1.82) is 0 Å². The van der Waals surface area contributed by atoms with Crippen LogP contribution in [0, 0.1) is 11.6 Å². The molecule has 0 amide bonds. The zero-order chi connectivity index (χ0) is 10.1. The summed E-state index contributed by atoms with van der Waals surface area (Å²) in [6.07, 6.45) is 0. The SMILES string of the molecule is O=c1cc(-c2ccc(F)cc2F)[nH]o1. The Morgan fingerprint density at radius 3 is 2.57 bits per heavy atom. The first-order valence-electron chi connectivity index (χ1n) is 3.81. The van der Waals surface area contributed by atoms with Gasteiger partial charge in [-0.05, 0) is 12.1 Å². The van der Waals surface area contributed by atoms with E-state index in [9.17, 15) is 13.6 Å². The first-order chi connectivity index (χ1) is 6.66. The highest BCUT2D eigenvalue weighted by atomic mass is 19.1. The van der Waals surface area contributed by atoms with Gasteiger partial charge in [-0.1, -0.05) is 0 Å². The van der Waals surface area contributed by atoms with Crippen LogP contribution in [0.1, 0.15) is 0 Å². The van der Waals surface area contributed by atoms with Gasteiger partial charge in [0.1, 0.15) is 11.6 Å². The van der Waals surface area contributed by atoms with E-state index in [1.165, 1.54) is 6.07 Å². The molecule has 0 aliphatic rings. The van der Waals surface area contributed by atoms with Gasteiger partial charge in [0.2, 0.25) is 0 Å². The molecule has 0 aliphatic heterocycles. The Hall–Kier alpha value is -1.91. The zero-order valence-corrected chi connectivity index (χ0v) is 6.88. The molecule has 2 aromatic rings. The van der Waals surface area contributed by atoms with E-state index in [4.69, 9.17) is 0 Å². The van der Waals surface area contributed by atoms with E-state index in [0.717, 1.165) is 18.2 Å². The largest absolute Gasteiger partial charge is 0.357 e. The Kier molecular flexibility index (Phi) is 1.92. The van der Waals surface area contributed by atoms with Crippen LogP contribution in [0.4, 0.5) is 8.78 Å². The van der Waals surface area contributed by atoms with E-state index in [1.807, 2.05) is 0 Å². The molecule has 0 radical (unpaired) electrons. The minimum absolute atomic E-state index is 0.0947. The van der Waals surface area contributed by atoms with Crippen LogP contribution in [0.3, 0.4) is 0 Å². The Labute approximate surface area is 76.9 Å². The maximum absolute atomic E-state index is 13.1. The van der Waals surface area contributed by atoms with E-state index in [-0.39, 0.29) is 11.3 Å². The highest BCUT2D eigenvalue weighted by Crippen LogP contribution is 2.19. The number of benzene rings is 1. The Morgan fingerprint density at radius 2 is 2.00 bits per heavy atom. The lowest BCUT2D eigenvalue weighted by Crippen LogP contribution is -1.87. The molecule has 5 heteroatoms. The van der Waals surface area contributed by atoms with Crippen molar-refractivity contribution >= 4 is 0 Å². The molecular formula is C9H5F2NO2. The van der Waals surface area contributed by atoms with Crippen LogP contribution in [0.5, 0.6) is 0 Å². The molecule has 0 bridgehead atoms. The summed E-state index contributed by atoms with van der Waals surface area (Å²) in [6, 6.07) is 4.16. The van der Waals surface area contributed by atoms with Gasteiger partial charge in [-0.15, -0.1) is 0 Å². The van der Waals surface area contributed by atoms with E-state index in [2.05, 4.69) is 9.68 Å². The monoisotopic (exact) mass is 197 g/mol. The third-order valence-corrected chi connectivity index (χ3v) is 1.75. The van der Waals surface area contributed by atoms with Gasteiger partial charge in [0, 0.05) is 11.6 Å². The van der Waals surface area contributed by atoms with E-state index in [0.29, 0.717) is 0 Å². The molecule has 0 saturated carbocycles. The van der Waals surface area contributed by atoms with Crippen LogP contribution >= 0.6 is 0 Å². The summed E-state index contributed by atoms with van der Waals surface area (Å²) in [4.78, 5) is 10.6. The fraction of sp³-hybridized carbons (Fsp3) is 0.